The van der Waals surface area contributed by atoms with Crippen molar-refractivity contribution in [1.82, 2.24) is 15.5 Å². The third-order valence-electron chi connectivity index (χ3n) is 2.40. The van der Waals surface area contributed by atoms with E-state index >= 15 is 0 Å². The monoisotopic (exact) mass is 327 g/mol. The Kier molecular flexibility index (Phi) is 4.57. The number of nitrogens with one attached hydrogen (secondary N) is 2. The second kappa shape index (κ2) is 6.40. The highest BCUT2D eigenvalue weighted by molar-refractivity contribution is 7.15. The normalized spacial score (nSPS) is 10.8. The fourth-order valence-corrected chi connectivity index (χ4v) is 2.07. The van der Waals surface area contributed by atoms with Gasteiger partial charge in [-0.15, -0.1) is 10.2 Å². The first-order valence-corrected chi connectivity index (χ1v) is 6.65. The Morgan fingerprint density at radius 2 is 2.14 bits per heavy atom. The summed E-state index contributed by atoms with van der Waals surface area (Å²) in [4.78, 5) is 11.6. The number of rotatable bonds is 3. The molecule has 1 heterocycles. The van der Waals surface area contributed by atoms with Crippen LogP contribution < -0.4 is 10.6 Å². The van der Waals surface area contributed by atoms with Gasteiger partial charge in [-0.1, -0.05) is 23.5 Å². The summed E-state index contributed by atoms with van der Waals surface area (Å²) in [5.74, 6) is 0. The van der Waals surface area contributed by atoms with Gasteiger partial charge in [-0.2, -0.15) is 18.4 Å². The standard InChI is InChI=1S/C12H8F3N5OS/c13-12(14,15)9-19-20-11(22-9)18-10(21)17-6-8-3-1-2-7(4-8)5-16/h1-4H,6H2,(H2,17,18,20,21). The van der Waals surface area contributed by atoms with Crippen LogP contribution in [0.15, 0.2) is 24.3 Å². The Balaban J connectivity index is 1.90. The Morgan fingerprint density at radius 3 is 2.77 bits per heavy atom. The van der Waals surface area contributed by atoms with Crippen molar-refractivity contribution in [3.8, 4) is 6.07 Å². The first-order chi connectivity index (χ1) is 10.4. The topological polar surface area (TPSA) is 90.7 Å². The Hall–Kier alpha value is -2.67. The van der Waals surface area contributed by atoms with E-state index in [0.29, 0.717) is 11.1 Å². The van der Waals surface area contributed by atoms with Crippen molar-refractivity contribution in [1.29, 1.82) is 5.26 Å². The molecular formula is C12H8F3N5OS. The first-order valence-electron chi connectivity index (χ1n) is 5.83. The summed E-state index contributed by atoms with van der Waals surface area (Å²) in [5, 5.41) is 18.2. The highest BCUT2D eigenvalue weighted by Gasteiger charge is 2.35. The minimum absolute atomic E-state index is 0.117. The van der Waals surface area contributed by atoms with Crippen molar-refractivity contribution in [2.45, 2.75) is 12.7 Å². The molecule has 22 heavy (non-hydrogen) atoms. The van der Waals surface area contributed by atoms with Crippen LogP contribution in [0.25, 0.3) is 0 Å². The van der Waals surface area contributed by atoms with Crippen LogP contribution in [0.1, 0.15) is 16.1 Å². The summed E-state index contributed by atoms with van der Waals surface area (Å²) < 4.78 is 37.0. The lowest BCUT2D eigenvalue weighted by Gasteiger charge is -2.05. The van der Waals surface area contributed by atoms with Crippen molar-refractivity contribution in [2.24, 2.45) is 0 Å². The van der Waals surface area contributed by atoms with Crippen LogP contribution in [-0.4, -0.2) is 16.2 Å². The van der Waals surface area contributed by atoms with Gasteiger partial charge in [0.05, 0.1) is 11.6 Å². The maximum absolute atomic E-state index is 12.3. The van der Waals surface area contributed by atoms with E-state index < -0.39 is 17.2 Å². The summed E-state index contributed by atoms with van der Waals surface area (Å²) in [6.45, 7) is 0.117. The first kappa shape index (κ1) is 15.7. The molecule has 0 saturated carbocycles. The molecule has 0 fully saturated rings. The van der Waals surface area contributed by atoms with Crippen molar-refractivity contribution in [2.75, 3.05) is 5.32 Å². The molecule has 10 heteroatoms. The van der Waals surface area contributed by atoms with Crippen molar-refractivity contribution >= 4 is 22.5 Å². The zero-order valence-corrected chi connectivity index (χ0v) is 11.6. The van der Waals surface area contributed by atoms with E-state index in [1.807, 2.05) is 6.07 Å². The minimum atomic E-state index is -4.59. The van der Waals surface area contributed by atoms with E-state index in [4.69, 9.17) is 5.26 Å². The molecule has 0 bridgehead atoms. The third-order valence-corrected chi connectivity index (χ3v) is 3.28. The number of anilines is 1. The summed E-state index contributed by atoms with van der Waals surface area (Å²) in [6.07, 6.45) is -4.59. The highest BCUT2D eigenvalue weighted by atomic mass is 32.1. The number of carbonyl (C=O) groups excluding carboxylic acids is 1. The van der Waals surface area contributed by atoms with Crippen molar-refractivity contribution in [3.05, 3.63) is 40.4 Å². The summed E-state index contributed by atoms with van der Waals surface area (Å²) >= 11 is 0.234. The molecule has 2 aromatic rings. The van der Waals surface area contributed by atoms with Gasteiger partial charge >= 0.3 is 12.2 Å². The molecular weight excluding hydrogens is 319 g/mol. The van der Waals surface area contributed by atoms with E-state index in [0.717, 1.165) is 0 Å². The molecule has 0 unspecified atom stereocenters. The number of benzene rings is 1. The highest BCUT2D eigenvalue weighted by Crippen LogP contribution is 2.32. The molecule has 0 atom stereocenters. The number of hydrogen-bond acceptors (Lipinski definition) is 5. The average molecular weight is 327 g/mol. The van der Waals surface area contributed by atoms with Crippen LogP contribution >= 0.6 is 11.3 Å². The third kappa shape index (κ3) is 4.16. The van der Waals surface area contributed by atoms with Crippen LogP contribution in [0.4, 0.5) is 23.1 Å². The SMILES string of the molecule is N#Cc1cccc(CNC(=O)Nc2nnc(C(F)(F)F)s2)c1. The maximum atomic E-state index is 12.3. The number of aromatic nitrogens is 2. The second-order valence-corrected chi connectivity index (χ2v) is 5.01. The molecule has 0 aliphatic carbocycles. The Bertz CT molecular complexity index is 722. The summed E-state index contributed by atoms with van der Waals surface area (Å²) in [5.41, 5.74) is 1.13. The fourth-order valence-electron chi connectivity index (χ4n) is 1.46. The van der Waals surface area contributed by atoms with E-state index in [1.165, 1.54) is 0 Å². The Labute approximate surface area is 126 Å². The molecule has 6 nitrogen and oxygen atoms in total. The molecule has 0 radical (unpaired) electrons. The van der Waals surface area contributed by atoms with Crippen molar-refractivity contribution in [3.63, 3.8) is 0 Å². The average Bonchev–Trinajstić information content (AvgIpc) is 2.94. The lowest BCUT2D eigenvalue weighted by atomic mass is 10.1. The van der Waals surface area contributed by atoms with Crippen molar-refractivity contribution < 1.29 is 18.0 Å². The maximum Gasteiger partial charge on any atom is 0.445 e. The van der Waals surface area contributed by atoms with Gasteiger partial charge in [0.2, 0.25) is 10.1 Å². The van der Waals surface area contributed by atoms with Gasteiger partial charge in [0, 0.05) is 6.54 Å². The van der Waals surface area contributed by atoms with Crippen LogP contribution in [0.2, 0.25) is 0 Å². The van der Waals surface area contributed by atoms with Gasteiger partial charge in [-0.25, -0.2) is 4.79 Å². The minimum Gasteiger partial charge on any atom is -0.334 e. The van der Waals surface area contributed by atoms with Gasteiger partial charge in [-0.3, -0.25) is 5.32 Å². The molecule has 2 N–H and O–H groups in total. The molecule has 0 saturated heterocycles. The van der Waals surface area contributed by atoms with E-state index in [2.05, 4.69) is 20.8 Å². The fraction of sp³-hybridized carbons (Fsp3) is 0.167. The van der Waals surface area contributed by atoms with E-state index in [9.17, 15) is 18.0 Å². The van der Waals surface area contributed by atoms with Crippen LogP contribution in [-0.2, 0) is 12.7 Å². The number of hydrogen-bond donors (Lipinski definition) is 2. The van der Waals surface area contributed by atoms with E-state index in [1.54, 1.807) is 24.3 Å². The number of halogens is 3. The van der Waals surface area contributed by atoms with Gasteiger partial charge in [0.15, 0.2) is 0 Å². The van der Waals surface area contributed by atoms with Crippen LogP contribution in [0.3, 0.4) is 0 Å². The summed E-state index contributed by atoms with van der Waals surface area (Å²) in [7, 11) is 0. The van der Waals surface area contributed by atoms with Gasteiger partial charge in [0.25, 0.3) is 0 Å². The number of nitrogens with zero attached hydrogens (tertiary/aromatic N) is 3. The van der Waals surface area contributed by atoms with Crippen LogP contribution in [0, 0.1) is 11.3 Å². The lowest BCUT2D eigenvalue weighted by Crippen LogP contribution is -2.28. The molecule has 0 aliphatic heterocycles. The number of carbonyl (C=O) groups is 1. The molecule has 1 aromatic heterocycles. The number of nitriles is 1. The predicted molar refractivity (Wildman–Crippen MR) is 71.9 cm³/mol. The smallest absolute Gasteiger partial charge is 0.334 e. The number of urea groups is 1. The van der Waals surface area contributed by atoms with Crippen LogP contribution in [0.5, 0.6) is 0 Å². The zero-order chi connectivity index (χ0) is 16.2. The molecule has 0 spiro atoms. The molecule has 2 rings (SSSR count). The quantitative estimate of drug-likeness (QED) is 0.907. The number of alkyl halides is 3. The van der Waals surface area contributed by atoms with Gasteiger partial charge in [-0.05, 0) is 17.7 Å². The second-order valence-electron chi connectivity index (χ2n) is 4.03. The predicted octanol–water partition coefficient (Wildman–Crippen LogP) is 2.75. The largest absolute Gasteiger partial charge is 0.445 e. The zero-order valence-electron chi connectivity index (χ0n) is 10.8. The number of amides is 2. The van der Waals surface area contributed by atoms with Gasteiger partial charge < -0.3 is 5.32 Å². The van der Waals surface area contributed by atoms with Gasteiger partial charge in [0.1, 0.15) is 0 Å². The Morgan fingerprint density at radius 1 is 1.36 bits per heavy atom. The molecule has 114 valence electrons. The summed E-state index contributed by atoms with van der Waals surface area (Å²) in [6, 6.07) is 7.81. The molecule has 2 amide bonds. The van der Waals surface area contributed by atoms with E-state index in [-0.39, 0.29) is 23.0 Å². The molecule has 1 aromatic carbocycles. The molecule has 0 aliphatic rings. The lowest BCUT2D eigenvalue weighted by molar-refractivity contribution is -0.138.